The zero-order valence-corrected chi connectivity index (χ0v) is 21.7. The number of carbonyl (C=O) groups excluding carboxylic acids is 2. The number of ether oxygens (including phenoxy) is 1. The van der Waals surface area contributed by atoms with Gasteiger partial charge < -0.3 is 21.1 Å². The molecule has 2 aromatic rings. The fourth-order valence-corrected chi connectivity index (χ4v) is 5.80. The molecule has 2 saturated carbocycles. The number of amides is 2. The van der Waals surface area contributed by atoms with Gasteiger partial charge in [0.05, 0.1) is 18.6 Å². The van der Waals surface area contributed by atoms with Crippen LogP contribution in [0, 0.1) is 11.8 Å². The molecule has 2 aromatic carbocycles. The molecule has 6 heteroatoms. The predicted octanol–water partition coefficient (Wildman–Crippen LogP) is 5.63. The van der Waals surface area contributed by atoms with Gasteiger partial charge in [-0.15, -0.1) is 0 Å². The van der Waals surface area contributed by atoms with Crippen molar-refractivity contribution >= 4 is 17.5 Å². The zero-order chi connectivity index (χ0) is 25.5. The number of nitrogens with one attached hydrogen (secondary N) is 2. The topological polar surface area (TPSA) is 93.4 Å². The number of carbonyl (C=O) groups is 2. The molecule has 0 spiro atoms. The van der Waals surface area contributed by atoms with E-state index in [0.29, 0.717) is 23.0 Å². The minimum Gasteiger partial charge on any atom is -0.496 e. The summed E-state index contributed by atoms with van der Waals surface area (Å²) in [5.74, 6) is 1.79. The molecule has 2 aliphatic carbocycles. The van der Waals surface area contributed by atoms with Gasteiger partial charge in [-0.25, -0.2) is 0 Å². The Labute approximate surface area is 215 Å². The molecular formula is C30H41N3O3. The van der Waals surface area contributed by atoms with Crippen LogP contribution in [0.3, 0.4) is 0 Å². The van der Waals surface area contributed by atoms with Crippen LogP contribution in [0.4, 0.5) is 5.69 Å². The van der Waals surface area contributed by atoms with Crippen molar-refractivity contribution < 1.29 is 14.3 Å². The number of hydrogen-bond donors (Lipinski definition) is 3. The van der Waals surface area contributed by atoms with Crippen molar-refractivity contribution in [1.82, 2.24) is 5.32 Å². The van der Waals surface area contributed by atoms with E-state index in [1.54, 1.807) is 25.3 Å². The zero-order valence-electron chi connectivity index (χ0n) is 21.7. The highest BCUT2D eigenvalue weighted by Crippen LogP contribution is 2.35. The number of methoxy groups -OCH3 is 1. The largest absolute Gasteiger partial charge is 0.496 e. The van der Waals surface area contributed by atoms with Crippen molar-refractivity contribution in [1.29, 1.82) is 0 Å². The molecule has 4 rings (SSSR count). The van der Waals surface area contributed by atoms with Crippen molar-refractivity contribution in [3.63, 3.8) is 0 Å². The third-order valence-corrected chi connectivity index (χ3v) is 8.16. The van der Waals surface area contributed by atoms with E-state index in [9.17, 15) is 9.59 Å². The van der Waals surface area contributed by atoms with Crippen LogP contribution in [0.25, 0.3) is 0 Å². The second kappa shape index (κ2) is 12.4. The molecular weight excluding hydrogens is 450 g/mol. The molecule has 6 nitrogen and oxygen atoms in total. The lowest BCUT2D eigenvalue weighted by Gasteiger charge is -2.34. The molecule has 0 saturated heterocycles. The molecule has 0 aliphatic heterocycles. The summed E-state index contributed by atoms with van der Waals surface area (Å²) in [5.41, 5.74) is 8.16. The van der Waals surface area contributed by atoms with Crippen molar-refractivity contribution in [2.75, 3.05) is 12.4 Å². The first-order valence-corrected chi connectivity index (χ1v) is 13.5. The van der Waals surface area contributed by atoms with Gasteiger partial charge in [0.25, 0.3) is 5.91 Å². The normalized spacial score (nSPS) is 25.0. The third kappa shape index (κ3) is 6.88. The lowest BCUT2D eigenvalue weighted by molar-refractivity contribution is -0.123. The molecule has 0 aromatic heterocycles. The maximum absolute atomic E-state index is 13.0. The molecule has 194 valence electrons. The number of rotatable bonds is 8. The number of hydrogen-bond acceptors (Lipinski definition) is 4. The van der Waals surface area contributed by atoms with Gasteiger partial charge in [-0.1, -0.05) is 24.3 Å². The van der Waals surface area contributed by atoms with E-state index in [0.717, 1.165) is 30.2 Å². The summed E-state index contributed by atoms with van der Waals surface area (Å²) in [5, 5.41) is 6.19. The van der Waals surface area contributed by atoms with Gasteiger partial charge in [0, 0.05) is 17.8 Å². The quantitative estimate of drug-likeness (QED) is 0.446. The molecule has 1 atom stereocenters. The molecule has 0 radical (unpaired) electrons. The summed E-state index contributed by atoms with van der Waals surface area (Å²) < 4.78 is 5.28. The highest BCUT2D eigenvalue weighted by atomic mass is 16.5. The summed E-state index contributed by atoms with van der Waals surface area (Å²) >= 11 is 0. The monoisotopic (exact) mass is 491 g/mol. The average Bonchev–Trinajstić information content (AvgIpc) is 2.91. The fourth-order valence-electron chi connectivity index (χ4n) is 5.80. The van der Waals surface area contributed by atoms with Crippen LogP contribution in [0.15, 0.2) is 48.5 Å². The average molecular weight is 492 g/mol. The molecule has 2 aliphatic rings. The van der Waals surface area contributed by atoms with E-state index in [1.165, 1.54) is 44.9 Å². The maximum atomic E-state index is 13.0. The second-order valence-electron chi connectivity index (χ2n) is 10.7. The van der Waals surface area contributed by atoms with Crippen molar-refractivity contribution in [2.45, 2.75) is 82.7 Å². The molecule has 2 fully saturated rings. The number of anilines is 1. The minimum atomic E-state index is -0.242. The van der Waals surface area contributed by atoms with Crippen LogP contribution in [0.2, 0.25) is 0 Å². The highest BCUT2D eigenvalue weighted by Gasteiger charge is 2.27. The van der Waals surface area contributed by atoms with Gasteiger partial charge in [0.1, 0.15) is 5.75 Å². The molecule has 2 amide bonds. The van der Waals surface area contributed by atoms with Crippen LogP contribution in [-0.4, -0.2) is 31.0 Å². The molecule has 4 N–H and O–H groups in total. The first kappa shape index (κ1) is 26.2. The fraction of sp³-hybridized carbons (Fsp3) is 0.533. The van der Waals surface area contributed by atoms with E-state index in [1.807, 2.05) is 37.3 Å². The van der Waals surface area contributed by atoms with Gasteiger partial charge in [0.2, 0.25) is 5.91 Å². The van der Waals surface area contributed by atoms with E-state index in [2.05, 4.69) is 10.6 Å². The molecule has 1 unspecified atom stereocenters. The third-order valence-electron chi connectivity index (χ3n) is 8.16. The Morgan fingerprint density at radius 1 is 0.917 bits per heavy atom. The number of benzene rings is 2. The number of nitrogens with two attached hydrogens (primary N) is 1. The Morgan fingerprint density at radius 3 is 2.17 bits per heavy atom. The first-order valence-electron chi connectivity index (χ1n) is 13.5. The maximum Gasteiger partial charge on any atom is 0.259 e. The Balaban J connectivity index is 1.23. The van der Waals surface area contributed by atoms with Crippen LogP contribution in [-0.2, 0) is 4.79 Å². The summed E-state index contributed by atoms with van der Waals surface area (Å²) in [7, 11) is 1.55. The van der Waals surface area contributed by atoms with Gasteiger partial charge in [-0.3, -0.25) is 9.59 Å². The van der Waals surface area contributed by atoms with E-state index in [4.69, 9.17) is 10.5 Å². The lowest BCUT2D eigenvalue weighted by Crippen LogP contribution is -2.40. The van der Waals surface area contributed by atoms with Crippen molar-refractivity contribution in [3.05, 3.63) is 59.7 Å². The molecule has 36 heavy (non-hydrogen) atoms. The Bertz CT molecular complexity index is 1010. The predicted molar refractivity (Wildman–Crippen MR) is 144 cm³/mol. The van der Waals surface area contributed by atoms with E-state index < -0.39 is 0 Å². The summed E-state index contributed by atoms with van der Waals surface area (Å²) in [6, 6.07) is 15.3. The minimum absolute atomic E-state index is 0.0746. The van der Waals surface area contributed by atoms with E-state index >= 15 is 0 Å². The first-order chi connectivity index (χ1) is 17.4. The molecule has 0 heterocycles. The number of para-hydroxylation sites is 1. The summed E-state index contributed by atoms with van der Waals surface area (Å²) in [4.78, 5) is 25.6. The smallest absolute Gasteiger partial charge is 0.259 e. The van der Waals surface area contributed by atoms with Gasteiger partial charge >= 0.3 is 0 Å². The summed E-state index contributed by atoms with van der Waals surface area (Å²) in [6.07, 6.45) is 10.9. The van der Waals surface area contributed by atoms with Crippen molar-refractivity contribution in [3.8, 4) is 5.75 Å². The summed E-state index contributed by atoms with van der Waals surface area (Å²) in [6.45, 7) is 1.94. The van der Waals surface area contributed by atoms with Gasteiger partial charge in [-0.2, -0.15) is 0 Å². The Morgan fingerprint density at radius 2 is 1.53 bits per heavy atom. The highest BCUT2D eigenvalue weighted by molar-refractivity contribution is 6.06. The second-order valence-corrected chi connectivity index (χ2v) is 10.7. The SMILES string of the molecule is COc1ccccc1C(=O)Nc1ccc(C(C)C(=O)NC2CCC(CC3CCC(N)CC3)CC2)cc1. The Hall–Kier alpha value is -2.86. The van der Waals surface area contributed by atoms with Crippen LogP contribution >= 0.6 is 0 Å². The van der Waals surface area contributed by atoms with Gasteiger partial charge in [0.15, 0.2) is 0 Å². The standard InChI is InChI=1S/C30H41N3O3/c1-20(23-11-17-26(18-12-23)33-30(35)27-5-3-4-6-28(27)36-2)29(34)32-25-15-9-22(10-16-25)19-21-7-13-24(31)14-8-21/h3-6,11-12,17-18,20-22,24-25H,7-10,13-16,19,31H2,1-2H3,(H,32,34)(H,33,35). The van der Waals surface area contributed by atoms with E-state index in [-0.39, 0.29) is 23.8 Å². The molecule has 0 bridgehead atoms. The lowest BCUT2D eigenvalue weighted by atomic mass is 9.76. The van der Waals surface area contributed by atoms with Crippen LogP contribution in [0.1, 0.15) is 86.6 Å². The Kier molecular flexibility index (Phi) is 9.03. The van der Waals surface area contributed by atoms with Crippen LogP contribution in [0.5, 0.6) is 5.75 Å². The van der Waals surface area contributed by atoms with Crippen molar-refractivity contribution in [2.24, 2.45) is 17.6 Å². The van der Waals surface area contributed by atoms with Crippen LogP contribution < -0.4 is 21.1 Å². The van der Waals surface area contributed by atoms with Gasteiger partial charge in [-0.05, 0) is 106 Å².